The van der Waals surface area contributed by atoms with Crippen LogP contribution < -0.4 is 4.72 Å². The predicted molar refractivity (Wildman–Crippen MR) is 92.8 cm³/mol. The number of rotatable bonds is 5. The lowest BCUT2D eigenvalue weighted by Gasteiger charge is -2.21. The Morgan fingerprint density at radius 2 is 1.70 bits per heavy atom. The largest absolute Gasteiger partial charge is 0.240 e. The first-order chi connectivity index (χ1) is 11.0. The van der Waals surface area contributed by atoms with E-state index in [1.165, 1.54) is 5.56 Å². The van der Waals surface area contributed by atoms with Gasteiger partial charge >= 0.3 is 0 Å². The summed E-state index contributed by atoms with van der Waals surface area (Å²) >= 11 is 0. The topological polar surface area (TPSA) is 46.2 Å². The van der Waals surface area contributed by atoms with Gasteiger partial charge < -0.3 is 0 Å². The lowest BCUT2D eigenvalue weighted by atomic mass is 9.95. The van der Waals surface area contributed by atoms with Crippen LogP contribution in [0.1, 0.15) is 30.4 Å². The first-order valence-corrected chi connectivity index (χ1v) is 9.66. The van der Waals surface area contributed by atoms with Gasteiger partial charge in [0.1, 0.15) is 0 Å². The number of nitrogens with one attached hydrogen (secondary N) is 1. The summed E-state index contributed by atoms with van der Waals surface area (Å²) in [5.41, 5.74) is 2.34. The Morgan fingerprint density at radius 1 is 1.00 bits per heavy atom. The molecule has 1 fully saturated rings. The minimum absolute atomic E-state index is 0.0292. The van der Waals surface area contributed by atoms with E-state index in [9.17, 15) is 8.42 Å². The first-order valence-electron chi connectivity index (χ1n) is 8.17. The molecule has 0 bridgehead atoms. The van der Waals surface area contributed by atoms with E-state index >= 15 is 0 Å². The molecule has 2 atom stereocenters. The molecule has 0 amide bonds. The molecule has 0 aromatic heterocycles. The molecule has 1 saturated carbocycles. The summed E-state index contributed by atoms with van der Waals surface area (Å²) in [5.74, 6) is 0.373. The molecule has 1 N–H and O–H groups in total. The Balaban J connectivity index is 1.72. The van der Waals surface area contributed by atoms with E-state index in [2.05, 4.69) is 16.9 Å². The Hall–Kier alpha value is -1.65. The van der Waals surface area contributed by atoms with Crippen LogP contribution in [-0.2, 0) is 16.4 Å². The number of hydrogen-bond donors (Lipinski definition) is 1. The van der Waals surface area contributed by atoms with Gasteiger partial charge in [0, 0.05) is 6.04 Å². The van der Waals surface area contributed by atoms with Crippen LogP contribution >= 0.6 is 0 Å². The van der Waals surface area contributed by atoms with Crippen LogP contribution in [0.3, 0.4) is 0 Å². The maximum atomic E-state index is 12.6. The van der Waals surface area contributed by atoms with Gasteiger partial charge in [0.25, 0.3) is 0 Å². The monoisotopic (exact) mass is 329 g/mol. The number of aryl methyl sites for hydroxylation is 1. The minimum atomic E-state index is -3.44. The molecular weight excluding hydrogens is 306 g/mol. The van der Waals surface area contributed by atoms with Crippen molar-refractivity contribution in [1.29, 1.82) is 0 Å². The molecule has 2 aromatic rings. The van der Waals surface area contributed by atoms with Crippen molar-refractivity contribution < 1.29 is 8.42 Å². The average molecular weight is 329 g/mol. The summed E-state index contributed by atoms with van der Waals surface area (Å²) in [6, 6.07) is 17.4. The molecule has 3 rings (SSSR count). The zero-order valence-electron chi connectivity index (χ0n) is 13.4. The highest BCUT2D eigenvalue weighted by Crippen LogP contribution is 2.30. The molecule has 0 saturated heterocycles. The van der Waals surface area contributed by atoms with Crippen molar-refractivity contribution in [1.82, 2.24) is 4.72 Å². The standard InChI is InChI=1S/C19H23NO2S/c1-15-10-12-18(13-11-15)23(21,22)20-19-9-5-8-17(19)14-16-6-3-2-4-7-16/h2-4,6-7,10-13,17,19-20H,5,8-9,14H2,1H3/t17-,19+/m0/s1. The molecule has 0 spiro atoms. The molecule has 0 heterocycles. The maximum Gasteiger partial charge on any atom is 0.240 e. The van der Waals surface area contributed by atoms with Crippen LogP contribution in [0.5, 0.6) is 0 Å². The smallest absolute Gasteiger partial charge is 0.208 e. The van der Waals surface area contributed by atoms with Gasteiger partial charge in [-0.3, -0.25) is 0 Å². The van der Waals surface area contributed by atoms with Crippen molar-refractivity contribution in [3.05, 3.63) is 65.7 Å². The number of hydrogen-bond acceptors (Lipinski definition) is 2. The van der Waals surface area contributed by atoms with Gasteiger partial charge in [0.2, 0.25) is 10.0 Å². The van der Waals surface area contributed by atoms with Crippen LogP contribution in [0.15, 0.2) is 59.5 Å². The highest BCUT2D eigenvalue weighted by atomic mass is 32.2. The third-order valence-electron chi connectivity index (χ3n) is 4.64. The summed E-state index contributed by atoms with van der Waals surface area (Å²) < 4.78 is 28.1. The molecule has 4 heteroatoms. The normalized spacial score (nSPS) is 21.4. The second-order valence-corrected chi connectivity index (χ2v) is 8.14. The third kappa shape index (κ3) is 4.01. The van der Waals surface area contributed by atoms with Crippen LogP contribution in [-0.4, -0.2) is 14.5 Å². The van der Waals surface area contributed by atoms with E-state index in [1.807, 2.05) is 37.3 Å². The Morgan fingerprint density at radius 3 is 2.39 bits per heavy atom. The van der Waals surface area contributed by atoms with E-state index in [0.29, 0.717) is 10.8 Å². The molecule has 0 radical (unpaired) electrons. The molecule has 0 unspecified atom stereocenters. The van der Waals surface area contributed by atoms with Crippen LogP contribution in [0.25, 0.3) is 0 Å². The lowest BCUT2D eigenvalue weighted by molar-refractivity contribution is 0.442. The van der Waals surface area contributed by atoms with Crippen molar-refractivity contribution in [2.75, 3.05) is 0 Å². The molecule has 3 nitrogen and oxygen atoms in total. The van der Waals surface area contributed by atoms with E-state index < -0.39 is 10.0 Å². The summed E-state index contributed by atoms with van der Waals surface area (Å²) in [6.45, 7) is 1.96. The van der Waals surface area contributed by atoms with Gasteiger partial charge in [0.15, 0.2) is 0 Å². The molecule has 1 aliphatic rings. The maximum absolute atomic E-state index is 12.6. The average Bonchev–Trinajstić information content (AvgIpc) is 2.95. The van der Waals surface area contributed by atoms with Gasteiger partial charge in [-0.1, -0.05) is 54.4 Å². The van der Waals surface area contributed by atoms with E-state index in [0.717, 1.165) is 31.2 Å². The van der Waals surface area contributed by atoms with E-state index in [-0.39, 0.29) is 6.04 Å². The molecule has 1 aliphatic carbocycles. The molecule has 23 heavy (non-hydrogen) atoms. The first kappa shape index (κ1) is 16.2. The van der Waals surface area contributed by atoms with Crippen LogP contribution in [0.4, 0.5) is 0 Å². The summed E-state index contributed by atoms with van der Waals surface area (Å²) in [6.07, 6.45) is 4.01. The fourth-order valence-corrected chi connectivity index (χ4v) is 4.68. The molecule has 122 valence electrons. The van der Waals surface area contributed by atoms with Crippen LogP contribution in [0.2, 0.25) is 0 Å². The zero-order valence-corrected chi connectivity index (χ0v) is 14.2. The van der Waals surface area contributed by atoms with Crippen molar-refractivity contribution >= 4 is 10.0 Å². The molecule has 2 aromatic carbocycles. The summed E-state index contributed by atoms with van der Waals surface area (Å²) in [4.78, 5) is 0.355. The third-order valence-corrected chi connectivity index (χ3v) is 6.14. The quantitative estimate of drug-likeness (QED) is 0.909. The second-order valence-electron chi connectivity index (χ2n) is 6.42. The summed E-state index contributed by atoms with van der Waals surface area (Å²) in [5, 5.41) is 0. The fraction of sp³-hybridized carbons (Fsp3) is 0.368. The SMILES string of the molecule is Cc1ccc(S(=O)(=O)N[C@@H]2CCC[C@H]2Cc2ccccc2)cc1. The Bertz CT molecular complexity index is 739. The number of sulfonamides is 1. The zero-order chi connectivity index (χ0) is 16.3. The van der Waals surface area contributed by atoms with Crippen molar-refractivity contribution in [3.8, 4) is 0 Å². The minimum Gasteiger partial charge on any atom is -0.208 e. The molecular formula is C19H23NO2S. The fourth-order valence-electron chi connectivity index (χ4n) is 3.34. The predicted octanol–water partition coefficient (Wildman–Crippen LogP) is 3.68. The highest BCUT2D eigenvalue weighted by molar-refractivity contribution is 7.89. The van der Waals surface area contributed by atoms with E-state index in [1.54, 1.807) is 12.1 Å². The van der Waals surface area contributed by atoms with Crippen LogP contribution in [0, 0.1) is 12.8 Å². The van der Waals surface area contributed by atoms with Crippen molar-refractivity contribution in [2.45, 2.75) is 43.5 Å². The van der Waals surface area contributed by atoms with Gasteiger partial charge in [-0.25, -0.2) is 13.1 Å². The number of benzene rings is 2. The highest BCUT2D eigenvalue weighted by Gasteiger charge is 2.31. The van der Waals surface area contributed by atoms with Gasteiger partial charge in [-0.2, -0.15) is 0 Å². The second kappa shape index (κ2) is 6.85. The molecule has 0 aliphatic heterocycles. The van der Waals surface area contributed by atoms with Crippen molar-refractivity contribution in [2.24, 2.45) is 5.92 Å². The van der Waals surface area contributed by atoms with Gasteiger partial charge in [0.05, 0.1) is 4.90 Å². The van der Waals surface area contributed by atoms with Gasteiger partial charge in [-0.15, -0.1) is 0 Å². The van der Waals surface area contributed by atoms with E-state index in [4.69, 9.17) is 0 Å². The Kier molecular flexibility index (Phi) is 4.83. The van der Waals surface area contributed by atoms with Gasteiger partial charge in [-0.05, 0) is 49.8 Å². The van der Waals surface area contributed by atoms with Crippen molar-refractivity contribution in [3.63, 3.8) is 0 Å². The summed E-state index contributed by atoms with van der Waals surface area (Å²) in [7, 11) is -3.44. The lowest BCUT2D eigenvalue weighted by Crippen LogP contribution is -2.38. The Labute approximate surface area is 138 Å².